The van der Waals surface area contributed by atoms with Crippen LogP contribution in [0.2, 0.25) is 0 Å². The summed E-state index contributed by atoms with van der Waals surface area (Å²) in [6, 6.07) is 6.98. The third kappa shape index (κ3) is 3.53. The van der Waals surface area contributed by atoms with E-state index >= 15 is 0 Å². The van der Waals surface area contributed by atoms with E-state index < -0.39 is 5.97 Å². The zero-order valence-corrected chi connectivity index (χ0v) is 12.4. The fourth-order valence-corrected chi connectivity index (χ4v) is 1.80. The SMILES string of the molecule is COC(=O)c1ccc(N)c(OCc2ccn(C(C)C)n2)c1. The highest BCUT2D eigenvalue weighted by atomic mass is 16.5. The van der Waals surface area contributed by atoms with Gasteiger partial charge in [-0.1, -0.05) is 0 Å². The molecular formula is C15H19N3O3. The van der Waals surface area contributed by atoms with Crippen LogP contribution in [0, 0.1) is 0 Å². The zero-order valence-electron chi connectivity index (χ0n) is 12.4. The Morgan fingerprint density at radius 1 is 1.38 bits per heavy atom. The summed E-state index contributed by atoms with van der Waals surface area (Å²) >= 11 is 0. The van der Waals surface area contributed by atoms with Crippen molar-refractivity contribution in [3.63, 3.8) is 0 Å². The number of nitrogen functional groups attached to an aromatic ring is 1. The summed E-state index contributed by atoms with van der Waals surface area (Å²) < 4.78 is 12.2. The molecule has 6 heteroatoms. The average Bonchev–Trinajstić information content (AvgIpc) is 2.94. The lowest BCUT2D eigenvalue weighted by atomic mass is 10.2. The van der Waals surface area contributed by atoms with Gasteiger partial charge in [-0.05, 0) is 38.1 Å². The fraction of sp³-hybridized carbons (Fsp3) is 0.333. The maximum atomic E-state index is 11.5. The number of carbonyl (C=O) groups excluding carboxylic acids is 1. The minimum Gasteiger partial charge on any atom is -0.485 e. The first kappa shape index (κ1) is 14.9. The molecule has 0 atom stereocenters. The van der Waals surface area contributed by atoms with Crippen LogP contribution in [-0.2, 0) is 11.3 Å². The van der Waals surface area contributed by atoms with Gasteiger partial charge in [0.1, 0.15) is 12.4 Å². The highest BCUT2D eigenvalue weighted by Crippen LogP contribution is 2.24. The van der Waals surface area contributed by atoms with E-state index in [1.165, 1.54) is 7.11 Å². The van der Waals surface area contributed by atoms with E-state index in [4.69, 9.17) is 10.5 Å². The number of nitrogens with zero attached hydrogens (tertiary/aromatic N) is 2. The molecule has 0 aliphatic heterocycles. The van der Waals surface area contributed by atoms with Crippen LogP contribution in [-0.4, -0.2) is 22.9 Å². The molecule has 0 unspecified atom stereocenters. The van der Waals surface area contributed by atoms with Crippen LogP contribution in [0.4, 0.5) is 5.69 Å². The Balaban J connectivity index is 2.09. The van der Waals surface area contributed by atoms with Crippen molar-refractivity contribution in [2.24, 2.45) is 0 Å². The standard InChI is InChI=1S/C15H19N3O3/c1-10(2)18-7-6-12(17-18)9-21-14-8-11(15(19)20-3)4-5-13(14)16/h4-8,10H,9,16H2,1-3H3. The van der Waals surface area contributed by atoms with Gasteiger partial charge in [-0.15, -0.1) is 0 Å². The molecule has 1 aromatic carbocycles. The molecule has 0 bridgehead atoms. The van der Waals surface area contributed by atoms with Gasteiger partial charge >= 0.3 is 5.97 Å². The summed E-state index contributed by atoms with van der Waals surface area (Å²) in [5.74, 6) is 0.0148. The summed E-state index contributed by atoms with van der Waals surface area (Å²) in [4.78, 5) is 11.5. The van der Waals surface area contributed by atoms with Crippen molar-refractivity contribution >= 4 is 11.7 Å². The average molecular weight is 289 g/mol. The molecule has 0 radical (unpaired) electrons. The predicted octanol–water partition coefficient (Wildman–Crippen LogP) is 2.41. The quantitative estimate of drug-likeness (QED) is 0.675. The van der Waals surface area contributed by atoms with Crippen LogP contribution in [0.3, 0.4) is 0 Å². The third-order valence-corrected chi connectivity index (χ3v) is 3.00. The molecule has 6 nitrogen and oxygen atoms in total. The Labute approximate surface area is 123 Å². The van der Waals surface area contributed by atoms with Crippen molar-refractivity contribution < 1.29 is 14.3 Å². The van der Waals surface area contributed by atoms with Crippen LogP contribution in [0.5, 0.6) is 5.75 Å². The fourth-order valence-electron chi connectivity index (χ4n) is 1.80. The normalized spacial score (nSPS) is 10.7. The van der Waals surface area contributed by atoms with E-state index in [0.717, 1.165) is 5.69 Å². The molecule has 2 aromatic rings. The molecule has 2 N–H and O–H groups in total. The second-order valence-corrected chi connectivity index (χ2v) is 4.91. The number of nitrogens with two attached hydrogens (primary N) is 1. The number of hydrogen-bond acceptors (Lipinski definition) is 5. The number of rotatable bonds is 5. The molecular weight excluding hydrogens is 270 g/mol. The molecule has 1 aromatic heterocycles. The van der Waals surface area contributed by atoms with Crippen molar-refractivity contribution in [2.45, 2.75) is 26.5 Å². The number of ether oxygens (including phenoxy) is 2. The molecule has 0 fully saturated rings. The van der Waals surface area contributed by atoms with Gasteiger partial charge in [-0.25, -0.2) is 4.79 Å². The minimum absolute atomic E-state index is 0.286. The number of hydrogen-bond donors (Lipinski definition) is 1. The van der Waals surface area contributed by atoms with E-state index in [-0.39, 0.29) is 6.61 Å². The van der Waals surface area contributed by atoms with Gasteiger partial charge in [-0.2, -0.15) is 5.10 Å². The summed E-state index contributed by atoms with van der Waals surface area (Å²) in [6.07, 6.45) is 1.90. The Kier molecular flexibility index (Phi) is 4.47. The van der Waals surface area contributed by atoms with Gasteiger partial charge in [0.15, 0.2) is 0 Å². The monoisotopic (exact) mass is 289 g/mol. The molecule has 0 saturated carbocycles. The van der Waals surface area contributed by atoms with Crippen molar-refractivity contribution in [3.8, 4) is 5.75 Å². The lowest BCUT2D eigenvalue weighted by molar-refractivity contribution is 0.0600. The van der Waals surface area contributed by atoms with Gasteiger partial charge in [0.2, 0.25) is 0 Å². The van der Waals surface area contributed by atoms with E-state index in [1.54, 1.807) is 18.2 Å². The number of esters is 1. The second kappa shape index (κ2) is 6.30. The Bertz CT molecular complexity index is 635. The summed E-state index contributed by atoms with van der Waals surface area (Å²) in [6.45, 7) is 4.39. The van der Waals surface area contributed by atoms with Gasteiger partial charge in [0, 0.05) is 12.2 Å². The number of aromatic nitrogens is 2. The third-order valence-electron chi connectivity index (χ3n) is 3.00. The molecule has 0 aliphatic rings. The van der Waals surface area contributed by atoms with Crippen LogP contribution in [0.25, 0.3) is 0 Å². The first-order valence-corrected chi connectivity index (χ1v) is 6.66. The first-order valence-electron chi connectivity index (χ1n) is 6.66. The highest BCUT2D eigenvalue weighted by Gasteiger charge is 2.10. The molecule has 0 amide bonds. The van der Waals surface area contributed by atoms with Gasteiger partial charge < -0.3 is 15.2 Å². The van der Waals surface area contributed by atoms with Gasteiger partial charge in [0.05, 0.1) is 24.1 Å². The van der Waals surface area contributed by atoms with Crippen LogP contribution in [0.1, 0.15) is 35.9 Å². The van der Waals surface area contributed by atoms with Crippen LogP contribution in [0.15, 0.2) is 30.5 Å². The Morgan fingerprint density at radius 2 is 2.14 bits per heavy atom. The molecule has 21 heavy (non-hydrogen) atoms. The Morgan fingerprint density at radius 3 is 2.76 bits per heavy atom. The van der Waals surface area contributed by atoms with E-state index in [1.807, 2.05) is 16.9 Å². The molecule has 0 aliphatic carbocycles. The molecule has 1 heterocycles. The Hall–Kier alpha value is -2.50. The second-order valence-electron chi connectivity index (χ2n) is 4.91. The van der Waals surface area contributed by atoms with Crippen LogP contribution >= 0.6 is 0 Å². The molecule has 0 saturated heterocycles. The lowest BCUT2D eigenvalue weighted by Crippen LogP contribution is -2.06. The minimum atomic E-state index is -0.427. The largest absolute Gasteiger partial charge is 0.485 e. The van der Waals surface area contributed by atoms with Crippen molar-refractivity contribution in [1.82, 2.24) is 9.78 Å². The van der Waals surface area contributed by atoms with Crippen molar-refractivity contribution in [1.29, 1.82) is 0 Å². The smallest absolute Gasteiger partial charge is 0.337 e. The first-order chi connectivity index (χ1) is 10.0. The highest BCUT2D eigenvalue weighted by molar-refractivity contribution is 5.90. The van der Waals surface area contributed by atoms with Crippen LogP contribution < -0.4 is 10.5 Å². The van der Waals surface area contributed by atoms with E-state index in [0.29, 0.717) is 23.0 Å². The molecule has 2 rings (SSSR count). The van der Waals surface area contributed by atoms with E-state index in [9.17, 15) is 4.79 Å². The molecule has 112 valence electrons. The number of carbonyl (C=O) groups is 1. The van der Waals surface area contributed by atoms with Crippen molar-refractivity contribution in [3.05, 3.63) is 41.7 Å². The summed E-state index contributed by atoms with van der Waals surface area (Å²) in [5, 5.41) is 4.39. The topological polar surface area (TPSA) is 79.4 Å². The van der Waals surface area contributed by atoms with Crippen molar-refractivity contribution in [2.75, 3.05) is 12.8 Å². The number of benzene rings is 1. The number of methoxy groups -OCH3 is 1. The maximum absolute atomic E-state index is 11.5. The summed E-state index contributed by atoms with van der Waals surface area (Å²) in [7, 11) is 1.33. The number of anilines is 1. The maximum Gasteiger partial charge on any atom is 0.337 e. The van der Waals surface area contributed by atoms with E-state index in [2.05, 4.69) is 23.7 Å². The van der Waals surface area contributed by atoms with Gasteiger partial charge in [0.25, 0.3) is 0 Å². The zero-order chi connectivity index (χ0) is 15.4. The lowest BCUT2D eigenvalue weighted by Gasteiger charge is -2.09. The van der Waals surface area contributed by atoms with Gasteiger partial charge in [-0.3, -0.25) is 4.68 Å². The predicted molar refractivity (Wildman–Crippen MR) is 79.1 cm³/mol. The molecule has 0 spiro atoms. The summed E-state index contributed by atoms with van der Waals surface area (Å²) in [5.41, 5.74) is 7.51.